The molecule has 3 aromatic heterocycles. The van der Waals surface area contributed by atoms with Crippen LogP contribution < -0.4 is 15.4 Å². The number of aromatic amines is 1. The van der Waals surface area contributed by atoms with Gasteiger partial charge in [0.1, 0.15) is 23.9 Å². The van der Waals surface area contributed by atoms with E-state index < -0.39 is 30.0 Å². The summed E-state index contributed by atoms with van der Waals surface area (Å²) < 4.78 is 40.1. The van der Waals surface area contributed by atoms with Gasteiger partial charge in [-0.05, 0) is 0 Å². The summed E-state index contributed by atoms with van der Waals surface area (Å²) in [5.74, 6) is -2.99. The van der Waals surface area contributed by atoms with E-state index in [-0.39, 0.29) is 29.1 Å². The average molecular weight is 504 g/mol. The zero-order chi connectivity index (χ0) is 24.3. The van der Waals surface area contributed by atoms with Gasteiger partial charge in [0.25, 0.3) is 0 Å². The van der Waals surface area contributed by atoms with Crippen molar-refractivity contribution in [3.63, 3.8) is 0 Å². The molecule has 6 rings (SSSR count). The second-order valence-corrected chi connectivity index (χ2v) is 8.58. The van der Waals surface area contributed by atoms with E-state index in [1.54, 1.807) is 0 Å². The molecule has 1 saturated carbocycles. The summed E-state index contributed by atoms with van der Waals surface area (Å²) in [4.78, 5) is 32.3. The van der Waals surface area contributed by atoms with Crippen LogP contribution in [0.5, 0.6) is 5.75 Å². The molecule has 1 aromatic carbocycles. The molecule has 0 bridgehead atoms. The van der Waals surface area contributed by atoms with Crippen LogP contribution in [0.3, 0.4) is 0 Å². The van der Waals surface area contributed by atoms with Crippen LogP contribution in [0.2, 0.25) is 5.02 Å². The predicted molar refractivity (Wildman–Crippen MR) is 118 cm³/mol. The smallest absolute Gasteiger partial charge is 0.397 e. The minimum Gasteiger partial charge on any atom is -0.482 e. The molecule has 1 aliphatic carbocycles. The fourth-order valence-corrected chi connectivity index (χ4v) is 3.96. The van der Waals surface area contributed by atoms with Gasteiger partial charge in [-0.3, -0.25) is 20.2 Å². The minimum atomic E-state index is -1.24. The molecule has 3 N–H and O–H groups in total. The number of nitrogens with one attached hydrogen (secondary N) is 3. The van der Waals surface area contributed by atoms with E-state index in [4.69, 9.17) is 21.1 Å². The fourth-order valence-electron chi connectivity index (χ4n) is 3.67. The van der Waals surface area contributed by atoms with Crippen LogP contribution >= 0.6 is 11.6 Å². The number of ether oxygens (including phenoxy) is 2. The average Bonchev–Trinajstić information content (AvgIpc) is 3.16. The van der Waals surface area contributed by atoms with Gasteiger partial charge < -0.3 is 19.2 Å². The number of hydrogen-bond acceptors (Lipinski definition) is 8. The van der Waals surface area contributed by atoms with Crippen LogP contribution in [0.1, 0.15) is 6.42 Å². The topological polar surface area (TPSA) is 136 Å². The van der Waals surface area contributed by atoms with Gasteiger partial charge in [-0.25, -0.2) is 18.6 Å². The molecule has 0 radical (unpaired) electrons. The minimum absolute atomic E-state index is 0.0105. The zero-order valence-electron chi connectivity index (χ0n) is 17.7. The number of rotatable bonds is 5. The molecule has 2 atom stereocenters. The van der Waals surface area contributed by atoms with Crippen molar-refractivity contribution in [2.24, 2.45) is 0 Å². The number of benzene rings is 1. The zero-order valence-corrected chi connectivity index (χ0v) is 18.5. The summed E-state index contributed by atoms with van der Waals surface area (Å²) in [5.41, 5.74) is 1.28. The largest absolute Gasteiger partial charge is 0.482 e. The first kappa shape index (κ1) is 21.7. The van der Waals surface area contributed by atoms with E-state index in [9.17, 15) is 14.0 Å². The Labute approximate surface area is 199 Å². The van der Waals surface area contributed by atoms with Crippen molar-refractivity contribution < 1.29 is 27.8 Å². The van der Waals surface area contributed by atoms with Crippen LogP contribution in [0.25, 0.3) is 27.8 Å². The highest BCUT2D eigenvalue weighted by Crippen LogP contribution is 2.42. The van der Waals surface area contributed by atoms with Crippen LogP contribution in [0.4, 0.5) is 14.6 Å². The van der Waals surface area contributed by atoms with Gasteiger partial charge in [-0.1, -0.05) is 11.6 Å². The summed E-state index contributed by atoms with van der Waals surface area (Å²) in [6, 6.07) is 0. The van der Waals surface area contributed by atoms with Crippen LogP contribution in [-0.4, -0.2) is 67.9 Å². The third-order valence-corrected chi connectivity index (χ3v) is 6.07. The normalized spacial score (nSPS) is 19.5. The van der Waals surface area contributed by atoms with Crippen molar-refractivity contribution in [3.8, 4) is 17.0 Å². The SMILES string of the molecule is O=C(Nc1cn2cc(-c3c(Cl)c(F)c(OC4CNC4)c4[nH]ncc34)ncc2n1)C(=O)O[C@H]1C[C@@H]1F. The van der Waals surface area contributed by atoms with Crippen molar-refractivity contribution in [2.75, 3.05) is 18.4 Å². The second kappa shape index (κ2) is 8.13. The first-order valence-electron chi connectivity index (χ1n) is 10.6. The molecule has 180 valence electrons. The number of carbonyl (C=O) groups is 2. The first-order valence-corrected chi connectivity index (χ1v) is 11.0. The Kier molecular flexibility index (Phi) is 5.04. The molecule has 2 aliphatic rings. The Morgan fingerprint density at radius 2 is 2.06 bits per heavy atom. The monoisotopic (exact) mass is 503 g/mol. The molecular formula is C21H16ClF2N7O4. The Bertz CT molecular complexity index is 1500. The van der Waals surface area contributed by atoms with E-state index in [0.29, 0.717) is 40.9 Å². The third-order valence-electron chi connectivity index (χ3n) is 5.72. The summed E-state index contributed by atoms with van der Waals surface area (Å²) in [7, 11) is 0. The highest BCUT2D eigenvalue weighted by atomic mass is 35.5. The van der Waals surface area contributed by atoms with Crippen LogP contribution in [0, 0.1) is 5.82 Å². The van der Waals surface area contributed by atoms with Crippen molar-refractivity contribution in [3.05, 3.63) is 35.6 Å². The van der Waals surface area contributed by atoms with Gasteiger partial charge in [-0.15, -0.1) is 0 Å². The molecule has 2 fully saturated rings. The molecular weight excluding hydrogens is 488 g/mol. The number of imidazole rings is 1. The Morgan fingerprint density at radius 1 is 1.26 bits per heavy atom. The number of nitrogens with zero attached hydrogens (tertiary/aromatic N) is 4. The van der Waals surface area contributed by atoms with Crippen molar-refractivity contribution in [1.82, 2.24) is 29.9 Å². The highest BCUT2D eigenvalue weighted by Gasteiger charge is 2.42. The fraction of sp³-hybridized carbons (Fsp3) is 0.286. The number of aromatic nitrogens is 5. The predicted octanol–water partition coefficient (Wildman–Crippen LogP) is 2.01. The highest BCUT2D eigenvalue weighted by molar-refractivity contribution is 6.37. The second-order valence-electron chi connectivity index (χ2n) is 8.20. The number of hydrogen-bond donors (Lipinski definition) is 3. The van der Waals surface area contributed by atoms with Crippen molar-refractivity contribution >= 4 is 45.8 Å². The summed E-state index contributed by atoms with van der Waals surface area (Å²) in [6.07, 6.45) is 3.66. The van der Waals surface area contributed by atoms with Crippen LogP contribution in [-0.2, 0) is 14.3 Å². The maximum absolute atomic E-state index is 15.2. The number of fused-ring (bicyclic) bond motifs is 2. The quantitative estimate of drug-likeness (QED) is 0.278. The lowest BCUT2D eigenvalue weighted by Gasteiger charge is -2.28. The number of alkyl halides is 1. The van der Waals surface area contributed by atoms with E-state index in [1.165, 1.54) is 29.2 Å². The van der Waals surface area contributed by atoms with Gasteiger partial charge in [0.2, 0.25) is 0 Å². The van der Waals surface area contributed by atoms with E-state index in [2.05, 4.69) is 30.8 Å². The molecule has 0 spiro atoms. The Morgan fingerprint density at radius 3 is 2.77 bits per heavy atom. The van der Waals surface area contributed by atoms with E-state index >= 15 is 4.39 Å². The number of halogens is 3. The Hall–Kier alpha value is -3.84. The van der Waals surface area contributed by atoms with Gasteiger partial charge in [0, 0.05) is 36.7 Å². The molecule has 35 heavy (non-hydrogen) atoms. The van der Waals surface area contributed by atoms with Gasteiger partial charge in [0.05, 0.1) is 29.3 Å². The molecule has 11 nitrogen and oxygen atoms in total. The van der Waals surface area contributed by atoms with Gasteiger partial charge >= 0.3 is 11.9 Å². The summed E-state index contributed by atoms with van der Waals surface area (Å²) in [5, 5.41) is 12.5. The lowest BCUT2D eigenvalue weighted by Crippen LogP contribution is -2.50. The molecule has 4 aromatic rings. The maximum atomic E-state index is 15.2. The number of H-pyrrole nitrogens is 1. The lowest BCUT2D eigenvalue weighted by molar-refractivity contribution is -0.153. The van der Waals surface area contributed by atoms with Crippen molar-refractivity contribution in [2.45, 2.75) is 24.8 Å². The van der Waals surface area contributed by atoms with Crippen molar-refractivity contribution in [1.29, 1.82) is 0 Å². The third kappa shape index (κ3) is 3.82. The number of esters is 1. The summed E-state index contributed by atoms with van der Waals surface area (Å²) >= 11 is 6.42. The van der Waals surface area contributed by atoms with Gasteiger partial charge in [0.15, 0.2) is 23.0 Å². The molecule has 4 heterocycles. The van der Waals surface area contributed by atoms with E-state index in [0.717, 1.165) is 0 Å². The molecule has 1 amide bonds. The molecule has 1 saturated heterocycles. The van der Waals surface area contributed by atoms with Crippen LogP contribution in [0.15, 0.2) is 24.8 Å². The Balaban J connectivity index is 1.31. The molecule has 1 aliphatic heterocycles. The van der Waals surface area contributed by atoms with E-state index in [1.807, 2.05) is 0 Å². The maximum Gasteiger partial charge on any atom is 0.397 e. The standard InChI is InChI=1S/C21H16ClF2N7O4/c22-16-15(9-4-27-30-18(9)19(17(16)24)34-8-2-25-3-8)11-6-31-7-13(28-14(31)5-26-11)29-20(32)21(33)35-12-1-10(12)23/h4-8,10,12,25H,1-3H2,(H,27,30)(H,29,32)/t10-,12-/m0/s1. The van der Waals surface area contributed by atoms with Gasteiger partial charge in [-0.2, -0.15) is 5.10 Å². The number of carbonyl (C=O) groups excluding carboxylic acids is 2. The summed E-state index contributed by atoms with van der Waals surface area (Å²) in [6.45, 7) is 1.20. The number of amides is 1. The molecule has 14 heteroatoms. The molecule has 0 unspecified atom stereocenters. The number of anilines is 1. The lowest BCUT2D eigenvalue weighted by atomic mass is 10.1. The first-order chi connectivity index (χ1) is 16.9.